The predicted molar refractivity (Wildman–Crippen MR) is 82.5 cm³/mol. The summed E-state index contributed by atoms with van der Waals surface area (Å²) in [6.07, 6.45) is 0. The standard InChI is InChI=1S/C16H17NO4S/c1-11-3-4-12(2)13(7-11)9-17-22(18,19)14-5-6-15-16(8-14)21-10-20-15/h3-8,17H,9-10H2,1-2H3. The molecule has 3 rings (SSSR count). The number of ether oxygens (including phenoxy) is 2. The van der Waals surface area contributed by atoms with Crippen LogP contribution in [0.2, 0.25) is 0 Å². The molecule has 0 unspecified atom stereocenters. The Labute approximate surface area is 129 Å². The van der Waals surface area contributed by atoms with Crippen molar-refractivity contribution in [1.82, 2.24) is 4.72 Å². The van der Waals surface area contributed by atoms with Gasteiger partial charge in [0.1, 0.15) is 0 Å². The van der Waals surface area contributed by atoms with E-state index in [1.54, 1.807) is 6.07 Å². The minimum atomic E-state index is -3.60. The van der Waals surface area contributed by atoms with Crippen molar-refractivity contribution in [2.75, 3.05) is 6.79 Å². The van der Waals surface area contributed by atoms with Crippen molar-refractivity contribution in [2.24, 2.45) is 0 Å². The van der Waals surface area contributed by atoms with Gasteiger partial charge < -0.3 is 9.47 Å². The topological polar surface area (TPSA) is 64.6 Å². The van der Waals surface area contributed by atoms with Crippen LogP contribution in [0.3, 0.4) is 0 Å². The van der Waals surface area contributed by atoms with Crippen LogP contribution in [0.5, 0.6) is 11.5 Å². The van der Waals surface area contributed by atoms with Crippen LogP contribution in [0.15, 0.2) is 41.3 Å². The number of fused-ring (bicyclic) bond motifs is 1. The molecule has 0 spiro atoms. The Morgan fingerprint density at radius 3 is 2.64 bits per heavy atom. The van der Waals surface area contributed by atoms with Gasteiger partial charge in [0.2, 0.25) is 16.8 Å². The summed E-state index contributed by atoms with van der Waals surface area (Å²) in [5.74, 6) is 1.02. The predicted octanol–water partition coefficient (Wildman–Crippen LogP) is 2.51. The van der Waals surface area contributed by atoms with Crippen LogP contribution < -0.4 is 14.2 Å². The fraction of sp³-hybridized carbons (Fsp3) is 0.250. The number of benzene rings is 2. The van der Waals surface area contributed by atoms with Gasteiger partial charge in [0.05, 0.1) is 4.90 Å². The molecule has 0 aliphatic carbocycles. The Kier molecular flexibility index (Phi) is 3.80. The molecule has 6 heteroatoms. The van der Waals surface area contributed by atoms with Gasteiger partial charge in [0.15, 0.2) is 11.5 Å². The highest BCUT2D eigenvalue weighted by Gasteiger charge is 2.20. The minimum Gasteiger partial charge on any atom is -0.454 e. The van der Waals surface area contributed by atoms with E-state index in [9.17, 15) is 8.42 Å². The van der Waals surface area contributed by atoms with Crippen molar-refractivity contribution in [3.8, 4) is 11.5 Å². The number of hydrogen-bond donors (Lipinski definition) is 1. The molecule has 1 aliphatic rings. The molecule has 1 heterocycles. The molecule has 1 aliphatic heterocycles. The van der Waals surface area contributed by atoms with Gasteiger partial charge >= 0.3 is 0 Å². The Hall–Kier alpha value is -2.05. The summed E-state index contributed by atoms with van der Waals surface area (Å²) >= 11 is 0. The van der Waals surface area contributed by atoms with Gasteiger partial charge in [-0.15, -0.1) is 0 Å². The van der Waals surface area contributed by atoms with Crippen molar-refractivity contribution >= 4 is 10.0 Å². The molecule has 0 fully saturated rings. The third-order valence-corrected chi connectivity index (χ3v) is 5.01. The second kappa shape index (κ2) is 5.62. The van der Waals surface area contributed by atoms with E-state index in [4.69, 9.17) is 9.47 Å². The molecule has 116 valence electrons. The van der Waals surface area contributed by atoms with E-state index in [0.717, 1.165) is 16.7 Å². The van der Waals surface area contributed by atoms with Gasteiger partial charge in [-0.1, -0.05) is 23.8 Å². The molecule has 0 aromatic heterocycles. The zero-order valence-corrected chi connectivity index (χ0v) is 13.2. The minimum absolute atomic E-state index is 0.120. The molecule has 5 nitrogen and oxygen atoms in total. The molecule has 0 amide bonds. The van der Waals surface area contributed by atoms with Crippen LogP contribution in [0.1, 0.15) is 16.7 Å². The van der Waals surface area contributed by atoms with Gasteiger partial charge in [-0.2, -0.15) is 0 Å². The molecule has 0 atom stereocenters. The van der Waals surface area contributed by atoms with Crippen LogP contribution in [0.25, 0.3) is 0 Å². The molecule has 2 aromatic carbocycles. The highest BCUT2D eigenvalue weighted by atomic mass is 32.2. The first-order chi connectivity index (χ1) is 10.5. The van der Waals surface area contributed by atoms with Crippen molar-refractivity contribution in [2.45, 2.75) is 25.3 Å². The second-order valence-electron chi connectivity index (χ2n) is 5.27. The molecule has 0 saturated heterocycles. The summed E-state index contributed by atoms with van der Waals surface area (Å²) in [5, 5.41) is 0. The monoisotopic (exact) mass is 319 g/mol. The first-order valence-corrected chi connectivity index (χ1v) is 8.39. The molecule has 1 N–H and O–H groups in total. The van der Waals surface area contributed by atoms with Crippen LogP contribution in [-0.2, 0) is 16.6 Å². The van der Waals surface area contributed by atoms with E-state index in [2.05, 4.69) is 4.72 Å². The summed E-state index contributed by atoms with van der Waals surface area (Å²) < 4.78 is 37.8. The normalized spacial score (nSPS) is 13.4. The van der Waals surface area contributed by atoms with Crippen LogP contribution in [0, 0.1) is 13.8 Å². The summed E-state index contributed by atoms with van der Waals surface area (Å²) in [6.45, 7) is 4.32. The third-order valence-electron chi connectivity index (χ3n) is 3.61. The summed E-state index contributed by atoms with van der Waals surface area (Å²) in [4.78, 5) is 0.169. The Morgan fingerprint density at radius 2 is 1.82 bits per heavy atom. The van der Waals surface area contributed by atoms with Crippen LogP contribution in [-0.4, -0.2) is 15.2 Å². The fourth-order valence-electron chi connectivity index (χ4n) is 2.29. The SMILES string of the molecule is Cc1ccc(C)c(CNS(=O)(=O)c2ccc3c(c2)OCO3)c1. The third kappa shape index (κ3) is 2.93. The lowest BCUT2D eigenvalue weighted by molar-refractivity contribution is 0.174. The highest BCUT2D eigenvalue weighted by Crippen LogP contribution is 2.33. The number of sulfonamides is 1. The van der Waals surface area contributed by atoms with E-state index in [1.165, 1.54) is 12.1 Å². The van der Waals surface area contributed by atoms with Crippen molar-refractivity contribution in [3.63, 3.8) is 0 Å². The van der Waals surface area contributed by atoms with E-state index in [0.29, 0.717) is 11.5 Å². The average Bonchev–Trinajstić information content (AvgIpc) is 2.95. The Bertz CT molecular complexity index is 815. The molecular weight excluding hydrogens is 302 g/mol. The lowest BCUT2D eigenvalue weighted by Crippen LogP contribution is -2.23. The Morgan fingerprint density at radius 1 is 1.05 bits per heavy atom. The van der Waals surface area contributed by atoms with Gasteiger partial charge in [-0.05, 0) is 37.1 Å². The van der Waals surface area contributed by atoms with E-state index >= 15 is 0 Å². The molecular formula is C16H17NO4S. The number of aryl methyl sites for hydroxylation is 2. The second-order valence-corrected chi connectivity index (χ2v) is 7.04. The zero-order valence-electron chi connectivity index (χ0n) is 12.4. The summed E-state index contributed by atoms with van der Waals surface area (Å²) in [6, 6.07) is 10.6. The summed E-state index contributed by atoms with van der Waals surface area (Å²) in [7, 11) is -3.60. The first kappa shape index (κ1) is 14.9. The zero-order chi connectivity index (χ0) is 15.7. The van der Waals surface area contributed by atoms with Gasteiger partial charge in [-0.3, -0.25) is 0 Å². The first-order valence-electron chi connectivity index (χ1n) is 6.91. The lowest BCUT2D eigenvalue weighted by atomic mass is 10.1. The number of rotatable bonds is 4. The van der Waals surface area contributed by atoms with E-state index in [-0.39, 0.29) is 18.2 Å². The number of hydrogen-bond acceptors (Lipinski definition) is 4. The smallest absolute Gasteiger partial charge is 0.241 e. The number of nitrogens with one attached hydrogen (secondary N) is 1. The molecule has 22 heavy (non-hydrogen) atoms. The average molecular weight is 319 g/mol. The highest BCUT2D eigenvalue weighted by molar-refractivity contribution is 7.89. The quantitative estimate of drug-likeness (QED) is 0.940. The van der Waals surface area contributed by atoms with E-state index < -0.39 is 10.0 Å². The van der Waals surface area contributed by atoms with E-state index in [1.807, 2.05) is 32.0 Å². The van der Waals surface area contributed by atoms with Crippen LogP contribution >= 0.6 is 0 Å². The van der Waals surface area contributed by atoms with Gasteiger partial charge in [-0.25, -0.2) is 13.1 Å². The molecule has 0 bridgehead atoms. The van der Waals surface area contributed by atoms with Crippen LogP contribution in [0.4, 0.5) is 0 Å². The Balaban J connectivity index is 1.80. The maximum atomic E-state index is 12.4. The van der Waals surface area contributed by atoms with Crippen molar-refractivity contribution in [3.05, 3.63) is 53.1 Å². The maximum Gasteiger partial charge on any atom is 0.241 e. The van der Waals surface area contributed by atoms with Crippen molar-refractivity contribution < 1.29 is 17.9 Å². The summed E-state index contributed by atoms with van der Waals surface area (Å²) in [5.41, 5.74) is 3.12. The van der Waals surface area contributed by atoms with Gasteiger partial charge in [0, 0.05) is 12.6 Å². The van der Waals surface area contributed by atoms with Gasteiger partial charge in [0.25, 0.3) is 0 Å². The molecule has 0 saturated carbocycles. The van der Waals surface area contributed by atoms with Crippen molar-refractivity contribution in [1.29, 1.82) is 0 Å². The largest absolute Gasteiger partial charge is 0.454 e. The molecule has 0 radical (unpaired) electrons. The molecule has 2 aromatic rings. The lowest BCUT2D eigenvalue weighted by Gasteiger charge is -2.10. The maximum absolute atomic E-state index is 12.4. The fourth-order valence-corrected chi connectivity index (χ4v) is 3.31.